The van der Waals surface area contributed by atoms with Crippen LogP contribution in [0.5, 0.6) is 17.2 Å². The molecule has 0 atom stereocenters. The van der Waals surface area contributed by atoms with Crippen molar-refractivity contribution in [2.45, 2.75) is 125 Å². The average molecular weight is 649 g/mol. The molecule has 48 heavy (non-hydrogen) atoms. The second kappa shape index (κ2) is 14.2. The molecule has 0 radical (unpaired) electrons. The molecule has 0 aromatic heterocycles. The fourth-order valence-corrected chi connectivity index (χ4v) is 5.31. The van der Waals surface area contributed by atoms with Gasteiger partial charge < -0.3 is 14.2 Å². The first-order valence-electron chi connectivity index (χ1n) is 17.1. The van der Waals surface area contributed by atoms with E-state index >= 15 is 0 Å². The van der Waals surface area contributed by atoms with Crippen LogP contribution in [0.4, 0.5) is 0 Å². The zero-order valence-electron chi connectivity index (χ0n) is 31.3. The molecule has 256 valence electrons. The van der Waals surface area contributed by atoms with Crippen molar-refractivity contribution in [2.75, 3.05) is 0 Å². The van der Waals surface area contributed by atoms with Crippen molar-refractivity contribution in [3.8, 4) is 17.2 Å². The van der Waals surface area contributed by atoms with E-state index in [1.807, 2.05) is 30.3 Å². The maximum atomic E-state index is 11.1. The number of aldehydes is 1. The Balaban J connectivity index is 1.64. The number of carbonyl (C=O) groups is 1. The van der Waals surface area contributed by atoms with Crippen molar-refractivity contribution in [3.63, 3.8) is 0 Å². The van der Waals surface area contributed by atoms with E-state index in [4.69, 9.17) is 14.2 Å². The third kappa shape index (κ3) is 10.2. The summed E-state index contributed by atoms with van der Waals surface area (Å²) in [5.41, 5.74) is 9.11. The zero-order valence-corrected chi connectivity index (χ0v) is 31.3. The lowest BCUT2D eigenvalue weighted by Gasteiger charge is -2.26. The number of carbonyl (C=O) groups excluding carboxylic acids is 1. The van der Waals surface area contributed by atoms with Gasteiger partial charge in [-0.3, -0.25) is 4.79 Å². The largest absolute Gasteiger partial charge is 0.489 e. The summed E-state index contributed by atoms with van der Waals surface area (Å²) in [4.78, 5) is 11.1. The fraction of sp³-hybridized carbons (Fsp3) is 0.432. The van der Waals surface area contributed by atoms with E-state index in [2.05, 4.69) is 119 Å². The third-order valence-electron chi connectivity index (χ3n) is 8.62. The van der Waals surface area contributed by atoms with Gasteiger partial charge in [0.2, 0.25) is 0 Å². The monoisotopic (exact) mass is 648 g/mol. The second-order valence-corrected chi connectivity index (χ2v) is 17.2. The van der Waals surface area contributed by atoms with Crippen LogP contribution in [0.1, 0.15) is 132 Å². The Morgan fingerprint density at radius 2 is 0.729 bits per heavy atom. The molecule has 4 aromatic rings. The SMILES string of the molecule is CC(C)(C)c1cc(COc2cc(COc3ccc(C=O)cc3)cc(OCc3cc(C(C)(C)C)cc(C(C)(C)C)c3)c2)cc(C(C)(C)C)c1. The smallest absolute Gasteiger partial charge is 0.150 e. The van der Waals surface area contributed by atoms with Crippen molar-refractivity contribution < 1.29 is 19.0 Å². The summed E-state index contributed by atoms with van der Waals surface area (Å²) in [6.07, 6.45) is 0.831. The topological polar surface area (TPSA) is 44.8 Å². The van der Waals surface area contributed by atoms with Gasteiger partial charge in [0.15, 0.2) is 0 Å². The van der Waals surface area contributed by atoms with Crippen molar-refractivity contribution in [1.29, 1.82) is 0 Å². The van der Waals surface area contributed by atoms with E-state index in [0.29, 0.717) is 31.1 Å². The Bertz CT molecular complexity index is 1540. The summed E-state index contributed by atoms with van der Waals surface area (Å²) in [6, 6.07) is 26.8. The van der Waals surface area contributed by atoms with Gasteiger partial charge in [0.05, 0.1) is 0 Å². The first kappa shape index (κ1) is 36.8. The molecular weight excluding hydrogens is 592 g/mol. The van der Waals surface area contributed by atoms with Crippen LogP contribution in [-0.2, 0) is 41.5 Å². The molecule has 0 aliphatic rings. The number of hydrogen-bond acceptors (Lipinski definition) is 4. The molecule has 4 rings (SSSR count). The summed E-state index contributed by atoms with van der Waals surface area (Å²) in [6.45, 7) is 28.2. The minimum Gasteiger partial charge on any atom is -0.489 e. The average Bonchev–Trinajstić information content (AvgIpc) is 3.00. The highest BCUT2D eigenvalue weighted by Crippen LogP contribution is 2.33. The molecule has 0 bridgehead atoms. The molecule has 4 heteroatoms. The molecule has 0 saturated heterocycles. The minimum atomic E-state index is 0.0232. The van der Waals surface area contributed by atoms with Crippen LogP contribution in [0.2, 0.25) is 0 Å². The molecule has 0 fully saturated rings. The fourth-order valence-electron chi connectivity index (χ4n) is 5.31. The lowest BCUT2D eigenvalue weighted by atomic mass is 9.79. The van der Waals surface area contributed by atoms with Gasteiger partial charge in [-0.15, -0.1) is 0 Å². The summed E-state index contributed by atoms with van der Waals surface area (Å²) in [7, 11) is 0. The predicted molar refractivity (Wildman–Crippen MR) is 199 cm³/mol. The molecule has 4 nitrogen and oxygen atoms in total. The Kier molecular flexibility index (Phi) is 10.9. The Morgan fingerprint density at radius 1 is 0.417 bits per heavy atom. The Labute approximate surface area is 289 Å². The third-order valence-corrected chi connectivity index (χ3v) is 8.62. The molecule has 0 spiro atoms. The lowest BCUT2D eigenvalue weighted by Crippen LogP contribution is -2.17. The quantitative estimate of drug-likeness (QED) is 0.161. The molecule has 0 aliphatic carbocycles. The van der Waals surface area contributed by atoms with Crippen LogP contribution in [0.15, 0.2) is 78.9 Å². The highest BCUT2D eigenvalue weighted by Gasteiger charge is 2.22. The normalized spacial score (nSPS) is 12.5. The van der Waals surface area contributed by atoms with E-state index < -0.39 is 0 Å². The number of rotatable bonds is 10. The maximum Gasteiger partial charge on any atom is 0.150 e. The van der Waals surface area contributed by atoms with E-state index in [1.54, 1.807) is 12.1 Å². The highest BCUT2D eigenvalue weighted by atomic mass is 16.5. The molecule has 0 N–H and O–H groups in total. The first-order valence-corrected chi connectivity index (χ1v) is 17.1. The Hall–Kier alpha value is -4.05. The molecule has 0 amide bonds. The van der Waals surface area contributed by atoms with Crippen LogP contribution in [0.25, 0.3) is 0 Å². The van der Waals surface area contributed by atoms with Gasteiger partial charge in [0, 0.05) is 11.6 Å². The van der Waals surface area contributed by atoms with Crippen LogP contribution < -0.4 is 14.2 Å². The van der Waals surface area contributed by atoms with Gasteiger partial charge in [-0.2, -0.15) is 0 Å². The lowest BCUT2D eigenvalue weighted by molar-refractivity contribution is 0.112. The molecule has 0 unspecified atom stereocenters. The van der Waals surface area contributed by atoms with Gasteiger partial charge in [-0.05, 0) is 97.0 Å². The van der Waals surface area contributed by atoms with Crippen molar-refractivity contribution in [2.24, 2.45) is 0 Å². The van der Waals surface area contributed by atoms with Crippen molar-refractivity contribution in [1.82, 2.24) is 0 Å². The van der Waals surface area contributed by atoms with Gasteiger partial charge in [0.25, 0.3) is 0 Å². The van der Waals surface area contributed by atoms with Crippen LogP contribution in [0.3, 0.4) is 0 Å². The Morgan fingerprint density at radius 3 is 1.04 bits per heavy atom. The van der Waals surface area contributed by atoms with Gasteiger partial charge in [-0.25, -0.2) is 0 Å². The first-order chi connectivity index (χ1) is 22.2. The molecule has 0 saturated carbocycles. The minimum absolute atomic E-state index is 0.0232. The van der Waals surface area contributed by atoms with Crippen molar-refractivity contribution >= 4 is 6.29 Å². The molecule has 0 heterocycles. The van der Waals surface area contributed by atoms with Gasteiger partial charge in [-0.1, -0.05) is 119 Å². The van der Waals surface area contributed by atoms with E-state index in [-0.39, 0.29) is 21.7 Å². The molecule has 0 aliphatic heterocycles. The van der Waals surface area contributed by atoms with E-state index in [9.17, 15) is 4.79 Å². The number of benzene rings is 4. The summed E-state index contributed by atoms with van der Waals surface area (Å²) < 4.78 is 19.1. The summed E-state index contributed by atoms with van der Waals surface area (Å²) in [5.74, 6) is 2.14. The van der Waals surface area contributed by atoms with Crippen LogP contribution >= 0.6 is 0 Å². The predicted octanol–water partition coefficient (Wildman–Crippen LogP) is 11.4. The van der Waals surface area contributed by atoms with Crippen molar-refractivity contribution in [3.05, 3.63) is 123 Å². The maximum absolute atomic E-state index is 11.1. The molecular formula is C44H56O4. The molecule has 4 aromatic carbocycles. The second-order valence-electron chi connectivity index (χ2n) is 17.2. The van der Waals surface area contributed by atoms with Gasteiger partial charge in [0.1, 0.15) is 43.4 Å². The summed E-state index contributed by atoms with van der Waals surface area (Å²) in [5, 5.41) is 0. The highest BCUT2D eigenvalue weighted by molar-refractivity contribution is 5.74. The number of hydrogen-bond donors (Lipinski definition) is 0. The van der Waals surface area contributed by atoms with E-state index in [0.717, 1.165) is 34.5 Å². The van der Waals surface area contributed by atoms with E-state index in [1.165, 1.54) is 22.3 Å². The summed E-state index contributed by atoms with van der Waals surface area (Å²) >= 11 is 0. The standard InChI is InChI=1S/C44H56O4/c1-41(2,3)34-17-31(18-35(23-34)42(4,5)6)27-47-39-21-33(29-46-38-15-13-30(26-45)14-16-38)22-40(25-39)48-28-32-19-36(43(7,8)9)24-37(20-32)44(10,11)12/h13-26H,27-29H2,1-12H3. The zero-order chi connectivity index (χ0) is 35.5. The van der Waals surface area contributed by atoms with Gasteiger partial charge >= 0.3 is 0 Å². The number of ether oxygens (including phenoxy) is 3. The van der Waals surface area contributed by atoms with Crippen LogP contribution in [0, 0.1) is 0 Å². The van der Waals surface area contributed by atoms with Crippen LogP contribution in [-0.4, -0.2) is 6.29 Å².